The highest BCUT2D eigenvalue weighted by atomic mass is 79.9. The standard InChI is InChI=1S/C15H22BrNO3/c1-11-7-17(8-12(2)20-11)9-13(18)10-19-15-6-4-3-5-14(15)16/h3-6,11-13,18H,7-10H2,1-2H3/t11-,12-,13-/m1/s1. The minimum absolute atomic E-state index is 0.218. The summed E-state index contributed by atoms with van der Waals surface area (Å²) in [5.74, 6) is 0.760. The molecule has 0 spiro atoms. The van der Waals surface area contributed by atoms with Crippen molar-refractivity contribution in [3.05, 3.63) is 28.7 Å². The number of ether oxygens (including phenoxy) is 2. The number of β-amino-alcohol motifs (C(OH)–C–C–N with tert-alkyl or cyclic N) is 1. The first-order valence-corrected chi connectivity index (χ1v) is 7.77. The molecule has 4 nitrogen and oxygen atoms in total. The zero-order valence-electron chi connectivity index (χ0n) is 12.0. The Morgan fingerprint density at radius 2 is 2.00 bits per heavy atom. The van der Waals surface area contributed by atoms with Gasteiger partial charge in [-0.05, 0) is 41.9 Å². The van der Waals surface area contributed by atoms with Crippen molar-refractivity contribution >= 4 is 15.9 Å². The van der Waals surface area contributed by atoms with Crippen LogP contribution < -0.4 is 4.74 Å². The van der Waals surface area contributed by atoms with Gasteiger partial charge in [0.15, 0.2) is 0 Å². The lowest BCUT2D eigenvalue weighted by Crippen LogP contribution is -2.48. The van der Waals surface area contributed by atoms with E-state index in [1.165, 1.54) is 0 Å². The third-order valence-corrected chi connectivity index (χ3v) is 3.89. The fourth-order valence-corrected chi connectivity index (χ4v) is 2.93. The quantitative estimate of drug-likeness (QED) is 0.890. The van der Waals surface area contributed by atoms with E-state index in [4.69, 9.17) is 9.47 Å². The highest BCUT2D eigenvalue weighted by Gasteiger charge is 2.23. The number of rotatable bonds is 5. The zero-order valence-corrected chi connectivity index (χ0v) is 13.5. The number of halogens is 1. The van der Waals surface area contributed by atoms with Crippen LogP contribution in [-0.2, 0) is 4.74 Å². The Morgan fingerprint density at radius 1 is 1.35 bits per heavy atom. The summed E-state index contributed by atoms with van der Waals surface area (Å²) in [7, 11) is 0. The molecule has 0 aromatic heterocycles. The van der Waals surface area contributed by atoms with Crippen LogP contribution in [0.1, 0.15) is 13.8 Å². The Morgan fingerprint density at radius 3 is 2.65 bits per heavy atom. The zero-order chi connectivity index (χ0) is 14.5. The maximum atomic E-state index is 10.1. The van der Waals surface area contributed by atoms with Gasteiger partial charge in [0.05, 0.1) is 16.7 Å². The van der Waals surface area contributed by atoms with Crippen LogP contribution in [0.5, 0.6) is 5.75 Å². The van der Waals surface area contributed by atoms with Crippen LogP contribution in [0.2, 0.25) is 0 Å². The van der Waals surface area contributed by atoms with Gasteiger partial charge in [0.1, 0.15) is 18.5 Å². The molecule has 3 atom stereocenters. The third kappa shape index (κ3) is 4.74. The molecular formula is C15H22BrNO3. The van der Waals surface area contributed by atoms with Crippen molar-refractivity contribution in [3.63, 3.8) is 0 Å². The monoisotopic (exact) mass is 343 g/mol. The minimum Gasteiger partial charge on any atom is -0.490 e. The number of hydrogen-bond acceptors (Lipinski definition) is 4. The van der Waals surface area contributed by atoms with Crippen LogP contribution in [0.4, 0.5) is 0 Å². The van der Waals surface area contributed by atoms with Crippen molar-refractivity contribution in [2.45, 2.75) is 32.2 Å². The Bertz CT molecular complexity index is 419. The molecule has 1 N–H and O–H groups in total. The van der Waals surface area contributed by atoms with E-state index in [1.807, 2.05) is 24.3 Å². The fraction of sp³-hybridized carbons (Fsp3) is 0.600. The Kier molecular flexibility index (Phi) is 5.84. The summed E-state index contributed by atoms with van der Waals surface area (Å²) in [6.45, 7) is 6.75. The number of hydrogen-bond donors (Lipinski definition) is 1. The Balaban J connectivity index is 1.78. The second-order valence-corrected chi connectivity index (χ2v) is 6.23. The number of benzene rings is 1. The molecule has 2 rings (SSSR count). The third-order valence-electron chi connectivity index (χ3n) is 3.23. The van der Waals surface area contributed by atoms with E-state index in [0.717, 1.165) is 23.3 Å². The van der Waals surface area contributed by atoms with Crippen LogP contribution in [0.15, 0.2) is 28.7 Å². The molecule has 112 valence electrons. The van der Waals surface area contributed by atoms with Gasteiger partial charge in [-0.1, -0.05) is 12.1 Å². The second kappa shape index (κ2) is 7.41. The highest BCUT2D eigenvalue weighted by Crippen LogP contribution is 2.23. The van der Waals surface area contributed by atoms with Crippen LogP contribution in [0.25, 0.3) is 0 Å². The average molecular weight is 344 g/mol. The van der Waals surface area contributed by atoms with Crippen molar-refractivity contribution in [1.29, 1.82) is 0 Å². The maximum absolute atomic E-state index is 10.1. The number of aliphatic hydroxyl groups excluding tert-OH is 1. The van der Waals surface area contributed by atoms with E-state index in [0.29, 0.717) is 13.2 Å². The lowest BCUT2D eigenvalue weighted by atomic mass is 10.2. The van der Waals surface area contributed by atoms with E-state index in [9.17, 15) is 5.11 Å². The molecule has 1 fully saturated rings. The van der Waals surface area contributed by atoms with E-state index in [-0.39, 0.29) is 12.2 Å². The fourth-order valence-electron chi connectivity index (χ4n) is 2.53. The van der Waals surface area contributed by atoms with E-state index < -0.39 is 6.10 Å². The molecule has 0 aliphatic carbocycles. The van der Waals surface area contributed by atoms with Crippen LogP contribution in [-0.4, -0.2) is 54.6 Å². The summed E-state index contributed by atoms with van der Waals surface area (Å²) in [5.41, 5.74) is 0. The molecular weight excluding hydrogens is 322 g/mol. The number of morpholine rings is 1. The SMILES string of the molecule is C[C@@H]1CN(C[C@@H](O)COc2ccccc2Br)C[C@@H](C)O1. The minimum atomic E-state index is -0.500. The van der Waals surface area contributed by atoms with Crippen molar-refractivity contribution in [2.75, 3.05) is 26.2 Å². The average Bonchev–Trinajstić information content (AvgIpc) is 2.36. The molecule has 0 saturated carbocycles. The van der Waals surface area contributed by atoms with Crippen LogP contribution in [0, 0.1) is 0 Å². The van der Waals surface area contributed by atoms with Gasteiger partial charge in [-0.3, -0.25) is 4.90 Å². The molecule has 0 amide bonds. The normalized spacial score (nSPS) is 25.4. The largest absolute Gasteiger partial charge is 0.490 e. The van der Waals surface area contributed by atoms with Gasteiger partial charge in [-0.2, -0.15) is 0 Å². The highest BCUT2D eigenvalue weighted by molar-refractivity contribution is 9.10. The molecule has 1 aromatic carbocycles. The number of aliphatic hydroxyl groups is 1. The molecule has 5 heteroatoms. The summed E-state index contributed by atoms with van der Waals surface area (Å²) in [6, 6.07) is 7.66. The Labute approximate surface area is 128 Å². The van der Waals surface area contributed by atoms with Gasteiger partial charge in [-0.25, -0.2) is 0 Å². The first kappa shape index (κ1) is 15.8. The van der Waals surface area contributed by atoms with Gasteiger partial charge in [0.25, 0.3) is 0 Å². The molecule has 0 radical (unpaired) electrons. The summed E-state index contributed by atoms with van der Waals surface area (Å²) in [6.07, 6.45) is -0.0649. The molecule has 1 aliphatic heterocycles. The Hall–Kier alpha value is -0.620. The smallest absolute Gasteiger partial charge is 0.133 e. The summed E-state index contributed by atoms with van der Waals surface area (Å²) >= 11 is 3.43. The summed E-state index contributed by atoms with van der Waals surface area (Å²) in [4.78, 5) is 2.23. The molecule has 1 heterocycles. The van der Waals surface area contributed by atoms with Crippen molar-refractivity contribution < 1.29 is 14.6 Å². The van der Waals surface area contributed by atoms with E-state index in [2.05, 4.69) is 34.7 Å². The van der Waals surface area contributed by atoms with Crippen molar-refractivity contribution in [2.24, 2.45) is 0 Å². The lowest BCUT2D eigenvalue weighted by molar-refractivity contribution is -0.0787. The van der Waals surface area contributed by atoms with Crippen LogP contribution in [0.3, 0.4) is 0 Å². The topological polar surface area (TPSA) is 41.9 Å². The predicted octanol–water partition coefficient (Wildman–Crippen LogP) is 2.30. The van der Waals surface area contributed by atoms with Crippen molar-refractivity contribution in [3.8, 4) is 5.75 Å². The van der Waals surface area contributed by atoms with Gasteiger partial charge in [0, 0.05) is 19.6 Å². The molecule has 1 aliphatic rings. The molecule has 20 heavy (non-hydrogen) atoms. The maximum Gasteiger partial charge on any atom is 0.133 e. The molecule has 0 bridgehead atoms. The predicted molar refractivity (Wildman–Crippen MR) is 82.1 cm³/mol. The first-order valence-electron chi connectivity index (χ1n) is 6.98. The molecule has 1 saturated heterocycles. The summed E-state index contributed by atoms with van der Waals surface area (Å²) < 4.78 is 12.2. The van der Waals surface area contributed by atoms with Crippen LogP contribution >= 0.6 is 15.9 Å². The van der Waals surface area contributed by atoms with Gasteiger partial charge in [0.2, 0.25) is 0 Å². The van der Waals surface area contributed by atoms with Gasteiger partial charge >= 0.3 is 0 Å². The first-order chi connectivity index (χ1) is 9.54. The number of para-hydroxylation sites is 1. The second-order valence-electron chi connectivity index (χ2n) is 5.37. The number of nitrogens with zero attached hydrogens (tertiary/aromatic N) is 1. The molecule has 1 aromatic rings. The van der Waals surface area contributed by atoms with E-state index in [1.54, 1.807) is 0 Å². The van der Waals surface area contributed by atoms with Gasteiger partial charge in [-0.15, -0.1) is 0 Å². The lowest BCUT2D eigenvalue weighted by Gasteiger charge is -2.36. The van der Waals surface area contributed by atoms with Gasteiger partial charge < -0.3 is 14.6 Å². The van der Waals surface area contributed by atoms with Crippen molar-refractivity contribution in [1.82, 2.24) is 4.90 Å². The molecule has 0 unspecified atom stereocenters. The van der Waals surface area contributed by atoms with E-state index >= 15 is 0 Å². The summed E-state index contributed by atoms with van der Waals surface area (Å²) in [5, 5.41) is 10.1.